The number of benzene rings is 1. The Morgan fingerprint density at radius 1 is 1.05 bits per heavy atom. The smallest absolute Gasteiger partial charge is 0.194 e. The van der Waals surface area contributed by atoms with E-state index in [4.69, 9.17) is 11.6 Å². The molecule has 1 aromatic heterocycles. The van der Waals surface area contributed by atoms with Crippen LogP contribution in [0.2, 0.25) is 0 Å². The molecule has 2 atom stereocenters. The van der Waals surface area contributed by atoms with Crippen molar-refractivity contribution in [2.24, 2.45) is 0 Å². The van der Waals surface area contributed by atoms with E-state index in [1.165, 1.54) is 0 Å². The third-order valence-corrected chi connectivity index (χ3v) is 3.57. The molecule has 0 aliphatic rings. The summed E-state index contributed by atoms with van der Waals surface area (Å²) in [5, 5.41) is -0.829. The second kappa shape index (κ2) is 5.61. The van der Waals surface area contributed by atoms with Gasteiger partial charge in [0.2, 0.25) is 0 Å². The first kappa shape index (κ1) is 13.9. The van der Waals surface area contributed by atoms with Crippen LogP contribution in [0.4, 0.5) is 13.2 Å². The van der Waals surface area contributed by atoms with Crippen molar-refractivity contribution in [2.45, 2.75) is 18.2 Å². The van der Waals surface area contributed by atoms with Gasteiger partial charge in [-0.2, -0.15) is 0 Å². The molecule has 0 bridgehead atoms. The lowest BCUT2D eigenvalue weighted by atomic mass is 9.96. The number of nitrogens with zero attached hydrogens (tertiary/aromatic N) is 1. The van der Waals surface area contributed by atoms with Gasteiger partial charge in [0.05, 0.1) is 5.38 Å². The SMILES string of the molecule is CC(c1ccccn1)C(Cl)c1ccc(F)c(F)c1F. The molecule has 1 aromatic carbocycles. The molecule has 2 aromatic rings. The molecular weight excluding hydrogens is 275 g/mol. The molecule has 0 fully saturated rings. The van der Waals surface area contributed by atoms with Crippen LogP contribution < -0.4 is 0 Å². The van der Waals surface area contributed by atoms with E-state index in [1.807, 2.05) is 0 Å². The lowest BCUT2D eigenvalue weighted by Crippen LogP contribution is -2.08. The standard InChI is InChI=1S/C14H11ClF3N/c1-8(11-4-2-3-7-19-11)12(15)9-5-6-10(16)14(18)13(9)17/h2-8,12H,1H3. The van der Waals surface area contributed by atoms with Crippen LogP contribution in [0.3, 0.4) is 0 Å². The fourth-order valence-corrected chi connectivity index (χ4v) is 2.12. The number of halogens is 4. The average Bonchev–Trinajstić information content (AvgIpc) is 2.44. The molecule has 0 spiro atoms. The summed E-state index contributed by atoms with van der Waals surface area (Å²) >= 11 is 6.15. The van der Waals surface area contributed by atoms with Gasteiger partial charge in [0.15, 0.2) is 17.5 Å². The van der Waals surface area contributed by atoms with Gasteiger partial charge in [0.25, 0.3) is 0 Å². The predicted molar refractivity (Wildman–Crippen MR) is 67.6 cm³/mol. The van der Waals surface area contributed by atoms with Crippen molar-refractivity contribution in [3.05, 3.63) is 65.2 Å². The Balaban J connectivity index is 2.35. The highest BCUT2D eigenvalue weighted by Gasteiger charge is 2.25. The summed E-state index contributed by atoms with van der Waals surface area (Å²) in [5.74, 6) is -4.31. The molecule has 0 aliphatic carbocycles. The maximum atomic E-state index is 13.7. The van der Waals surface area contributed by atoms with Crippen LogP contribution in [0.25, 0.3) is 0 Å². The number of aromatic nitrogens is 1. The zero-order valence-electron chi connectivity index (χ0n) is 10.1. The molecule has 5 heteroatoms. The first-order chi connectivity index (χ1) is 9.02. The van der Waals surface area contributed by atoms with Gasteiger partial charge in [-0.25, -0.2) is 13.2 Å². The summed E-state index contributed by atoms with van der Waals surface area (Å²) in [7, 11) is 0. The largest absolute Gasteiger partial charge is 0.261 e. The van der Waals surface area contributed by atoms with Crippen LogP contribution in [0.5, 0.6) is 0 Å². The lowest BCUT2D eigenvalue weighted by molar-refractivity contribution is 0.438. The van der Waals surface area contributed by atoms with Gasteiger partial charge in [-0.1, -0.05) is 19.1 Å². The van der Waals surface area contributed by atoms with Gasteiger partial charge >= 0.3 is 0 Å². The molecule has 2 rings (SSSR count). The molecule has 1 heterocycles. The second-order valence-corrected chi connectivity index (χ2v) is 4.68. The van der Waals surface area contributed by atoms with Gasteiger partial charge in [-0.15, -0.1) is 11.6 Å². The third kappa shape index (κ3) is 2.73. The zero-order chi connectivity index (χ0) is 14.0. The fourth-order valence-electron chi connectivity index (χ4n) is 1.82. The van der Waals surface area contributed by atoms with E-state index in [0.717, 1.165) is 12.1 Å². The maximum Gasteiger partial charge on any atom is 0.194 e. The van der Waals surface area contributed by atoms with E-state index in [-0.39, 0.29) is 11.5 Å². The maximum absolute atomic E-state index is 13.7. The van der Waals surface area contributed by atoms with Crippen LogP contribution >= 0.6 is 11.6 Å². The average molecular weight is 286 g/mol. The monoisotopic (exact) mass is 285 g/mol. The number of hydrogen-bond acceptors (Lipinski definition) is 1. The van der Waals surface area contributed by atoms with E-state index in [0.29, 0.717) is 5.69 Å². The quantitative estimate of drug-likeness (QED) is 0.594. The van der Waals surface area contributed by atoms with Crippen molar-refractivity contribution in [1.29, 1.82) is 0 Å². The number of pyridine rings is 1. The number of rotatable bonds is 3. The molecule has 0 radical (unpaired) electrons. The highest BCUT2D eigenvalue weighted by atomic mass is 35.5. The minimum atomic E-state index is -1.50. The molecule has 100 valence electrons. The van der Waals surface area contributed by atoms with E-state index in [2.05, 4.69) is 4.98 Å². The molecule has 0 amide bonds. The van der Waals surface area contributed by atoms with Crippen molar-refractivity contribution in [1.82, 2.24) is 4.98 Å². The molecule has 0 saturated heterocycles. The van der Waals surface area contributed by atoms with E-state index in [1.54, 1.807) is 31.3 Å². The Morgan fingerprint density at radius 3 is 2.42 bits per heavy atom. The Morgan fingerprint density at radius 2 is 1.79 bits per heavy atom. The van der Waals surface area contributed by atoms with Crippen LogP contribution in [0.1, 0.15) is 29.5 Å². The normalized spacial score (nSPS) is 14.2. The first-order valence-corrected chi connectivity index (χ1v) is 6.14. The van der Waals surface area contributed by atoms with Crippen molar-refractivity contribution in [3.8, 4) is 0 Å². The van der Waals surface area contributed by atoms with E-state index in [9.17, 15) is 13.2 Å². The summed E-state index contributed by atoms with van der Waals surface area (Å²) in [6.45, 7) is 1.75. The fraction of sp³-hybridized carbons (Fsp3) is 0.214. The van der Waals surface area contributed by atoms with Gasteiger partial charge in [-0.05, 0) is 18.2 Å². The minimum Gasteiger partial charge on any atom is -0.261 e. The van der Waals surface area contributed by atoms with Gasteiger partial charge in [0.1, 0.15) is 0 Å². The predicted octanol–water partition coefficient (Wildman–Crippen LogP) is 4.58. The molecule has 2 unspecified atom stereocenters. The summed E-state index contributed by atoms with van der Waals surface area (Å²) < 4.78 is 39.7. The van der Waals surface area contributed by atoms with Crippen molar-refractivity contribution < 1.29 is 13.2 Å². The second-order valence-electron chi connectivity index (χ2n) is 4.21. The summed E-state index contributed by atoms with van der Waals surface area (Å²) in [5.41, 5.74) is 0.588. The van der Waals surface area contributed by atoms with Crippen molar-refractivity contribution in [2.75, 3.05) is 0 Å². The summed E-state index contributed by atoms with van der Waals surface area (Å²) in [4.78, 5) is 4.12. The van der Waals surface area contributed by atoms with Crippen LogP contribution in [-0.4, -0.2) is 4.98 Å². The first-order valence-electron chi connectivity index (χ1n) is 5.70. The summed E-state index contributed by atoms with van der Waals surface area (Å²) in [6, 6.07) is 7.30. The van der Waals surface area contributed by atoms with Crippen molar-refractivity contribution >= 4 is 11.6 Å². The van der Waals surface area contributed by atoms with Gasteiger partial charge in [-0.3, -0.25) is 4.98 Å². The molecule has 0 aliphatic heterocycles. The Kier molecular flexibility index (Phi) is 4.10. The Labute approximate surface area is 114 Å². The topological polar surface area (TPSA) is 12.9 Å². The highest BCUT2D eigenvalue weighted by Crippen LogP contribution is 2.37. The van der Waals surface area contributed by atoms with Crippen LogP contribution in [0, 0.1) is 17.5 Å². The zero-order valence-corrected chi connectivity index (χ0v) is 10.8. The van der Waals surface area contributed by atoms with Gasteiger partial charge < -0.3 is 0 Å². The van der Waals surface area contributed by atoms with Crippen LogP contribution in [0.15, 0.2) is 36.5 Å². The van der Waals surface area contributed by atoms with E-state index < -0.39 is 22.8 Å². The van der Waals surface area contributed by atoms with Crippen molar-refractivity contribution in [3.63, 3.8) is 0 Å². The molecular formula is C14H11ClF3N. The highest BCUT2D eigenvalue weighted by molar-refractivity contribution is 6.21. The van der Waals surface area contributed by atoms with Gasteiger partial charge in [0, 0.05) is 23.4 Å². The molecule has 1 nitrogen and oxygen atoms in total. The third-order valence-electron chi connectivity index (χ3n) is 2.96. The lowest BCUT2D eigenvalue weighted by Gasteiger charge is -2.18. The van der Waals surface area contributed by atoms with E-state index >= 15 is 0 Å². The Bertz CT molecular complexity index is 574. The molecule has 0 N–H and O–H groups in total. The number of alkyl halides is 1. The molecule has 0 saturated carbocycles. The number of hydrogen-bond donors (Lipinski definition) is 0. The minimum absolute atomic E-state index is 0.0706. The summed E-state index contributed by atoms with van der Waals surface area (Å²) in [6.07, 6.45) is 1.59. The Hall–Kier alpha value is -1.55. The van der Waals surface area contributed by atoms with Crippen LogP contribution in [-0.2, 0) is 0 Å². The molecule has 19 heavy (non-hydrogen) atoms.